The van der Waals surface area contributed by atoms with Gasteiger partial charge in [0.1, 0.15) is 0 Å². The van der Waals surface area contributed by atoms with E-state index in [0.29, 0.717) is 37.9 Å². The summed E-state index contributed by atoms with van der Waals surface area (Å²) in [5.41, 5.74) is 1.36. The zero-order valence-electron chi connectivity index (χ0n) is 14.2. The first-order valence-electron chi connectivity index (χ1n) is 7.90. The Hall–Kier alpha value is -2.34. The summed E-state index contributed by atoms with van der Waals surface area (Å²) in [6.07, 6.45) is 3.04. The van der Waals surface area contributed by atoms with Crippen LogP contribution in [-0.4, -0.2) is 28.0 Å². The number of aromatic nitrogens is 2. The first kappa shape index (κ1) is 19.4. The molecular weight excluding hydrogens is 409 g/mol. The third-order valence-electron chi connectivity index (χ3n) is 3.70. The Morgan fingerprint density at radius 3 is 2.67 bits per heavy atom. The molecule has 1 aromatic heterocycles. The lowest BCUT2D eigenvalue weighted by Gasteiger charge is -2.11. The van der Waals surface area contributed by atoms with Crippen LogP contribution in [0, 0.1) is 0 Å². The van der Waals surface area contributed by atoms with E-state index >= 15 is 0 Å². The third kappa shape index (κ3) is 4.89. The molecule has 0 aliphatic heterocycles. The van der Waals surface area contributed by atoms with Crippen molar-refractivity contribution in [2.45, 2.75) is 6.54 Å². The van der Waals surface area contributed by atoms with Crippen molar-refractivity contribution in [2.75, 3.05) is 7.05 Å². The summed E-state index contributed by atoms with van der Waals surface area (Å²) in [4.78, 5) is 18.0. The van der Waals surface area contributed by atoms with Crippen LogP contribution in [-0.2, 0) is 11.3 Å². The van der Waals surface area contributed by atoms with Gasteiger partial charge >= 0.3 is 0 Å². The molecule has 1 amide bonds. The van der Waals surface area contributed by atoms with Gasteiger partial charge in [-0.3, -0.25) is 4.79 Å². The van der Waals surface area contributed by atoms with Gasteiger partial charge in [-0.05, 0) is 35.9 Å². The fourth-order valence-electron chi connectivity index (χ4n) is 2.28. The number of hydrogen-bond donors (Lipinski definition) is 0. The molecule has 3 rings (SSSR count). The largest absolute Gasteiger partial charge is 0.337 e. The molecule has 0 saturated heterocycles. The van der Waals surface area contributed by atoms with Crippen LogP contribution in [0.2, 0.25) is 15.1 Å². The van der Waals surface area contributed by atoms with Crippen LogP contribution in [0.25, 0.3) is 17.5 Å². The molecule has 0 unspecified atom stereocenters. The van der Waals surface area contributed by atoms with Crippen molar-refractivity contribution in [2.24, 2.45) is 0 Å². The van der Waals surface area contributed by atoms with Crippen LogP contribution in [0.5, 0.6) is 0 Å². The number of rotatable bonds is 5. The lowest BCUT2D eigenvalue weighted by atomic mass is 10.2. The highest BCUT2D eigenvalue weighted by atomic mass is 35.5. The minimum Gasteiger partial charge on any atom is -0.337 e. The van der Waals surface area contributed by atoms with Crippen molar-refractivity contribution in [1.29, 1.82) is 0 Å². The second-order valence-corrected chi connectivity index (χ2v) is 6.94. The van der Waals surface area contributed by atoms with Gasteiger partial charge in [-0.25, -0.2) is 0 Å². The van der Waals surface area contributed by atoms with Gasteiger partial charge in [0.25, 0.3) is 0 Å². The number of hydrogen-bond acceptors (Lipinski definition) is 4. The second-order valence-electron chi connectivity index (χ2n) is 5.69. The smallest absolute Gasteiger partial charge is 0.246 e. The first-order valence-corrected chi connectivity index (χ1v) is 9.03. The molecule has 8 heteroatoms. The number of amides is 1. The number of carbonyl (C=O) groups excluding carboxylic acids is 1. The van der Waals surface area contributed by atoms with Gasteiger partial charge in [0.05, 0.1) is 11.6 Å². The molecular formula is C19H14Cl3N3O2. The van der Waals surface area contributed by atoms with Gasteiger partial charge in [0, 0.05) is 28.7 Å². The summed E-state index contributed by atoms with van der Waals surface area (Å²) in [5.74, 6) is 0.442. The van der Waals surface area contributed by atoms with E-state index in [4.69, 9.17) is 39.3 Å². The highest BCUT2D eigenvalue weighted by Crippen LogP contribution is 2.25. The third-order valence-corrected chi connectivity index (χ3v) is 4.59. The van der Waals surface area contributed by atoms with Gasteiger partial charge in [0.2, 0.25) is 17.6 Å². The van der Waals surface area contributed by atoms with Crippen LogP contribution in [0.15, 0.2) is 53.1 Å². The zero-order valence-corrected chi connectivity index (χ0v) is 16.5. The minimum atomic E-state index is -0.237. The second kappa shape index (κ2) is 8.57. The molecule has 0 radical (unpaired) electrons. The Labute approximate surface area is 171 Å². The highest BCUT2D eigenvalue weighted by Gasteiger charge is 2.14. The van der Waals surface area contributed by atoms with E-state index in [1.165, 1.54) is 11.0 Å². The first-order chi connectivity index (χ1) is 12.9. The van der Waals surface area contributed by atoms with E-state index in [-0.39, 0.29) is 12.5 Å². The molecule has 27 heavy (non-hydrogen) atoms. The molecule has 0 N–H and O–H groups in total. The van der Waals surface area contributed by atoms with Gasteiger partial charge in [-0.2, -0.15) is 4.98 Å². The molecule has 5 nitrogen and oxygen atoms in total. The highest BCUT2D eigenvalue weighted by molar-refractivity contribution is 6.35. The van der Waals surface area contributed by atoms with Gasteiger partial charge in [-0.1, -0.05) is 58.2 Å². The fourth-order valence-corrected chi connectivity index (χ4v) is 2.97. The molecule has 3 aromatic rings. The molecule has 0 spiro atoms. The minimum absolute atomic E-state index is 0.162. The summed E-state index contributed by atoms with van der Waals surface area (Å²) >= 11 is 18.1. The van der Waals surface area contributed by atoms with Crippen LogP contribution in [0.1, 0.15) is 11.5 Å². The maximum absolute atomic E-state index is 12.3. The number of nitrogens with zero attached hydrogens (tertiary/aromatic N) is 3. The Bertz CT molecular complexity index is 1000. The Morgan fingerprint density at radius 2 is 1.93 bits per heavy atom. The van der Waals surface area contributed by atoms with Crippen molar-refractivity contribution in [3.63, 3.8) is 0 Å². The number of likely N-dealkylation sites (N-methyl/N-ethyl adjacent to an activating group) is 1. The van der Waals surface area contributed by atoms with E-state index in [9.17, 15) is 4.79 Å². The molecule has 1 heterocycles. The summed E-state index contributed by atoms with van der Waals surface area (Å²) < 4.78 is 5.22. The van der Waals surface area contributed by atoms with E-state index in [2.05, 4.69) is 10.1 Å². The predicted octanol–water partition coefficient (Wildman–Crippen LogP) is 5.37. The van der Waals surface area contributed by atoms with Gasteiger partial charge < -0.3 is 9.42 Å². The zero-order chi connectivity index (χ0) is 19.4. The van der Waals surface area contributed by atoms with Gasteiger partial charge in [0.15, 0.2) is 0 Å². The molecule has 0 bridgehead atoms. The average Bonchev–Trinajstić information content (AvgIpc) is 3.09. The summed E-state index contributed by atoms with van der Waals surface area (Å²) in [7, 11) is 1.63. The monoisotopic (exact) mass is 421 g/mol. The van der Waals surface area contributed by atoms with E-state index in [1.807, 2.05) is 12.1 Å². The normalized spacial score (nSPS) is 11.1. The molecule has 0 saturated carbocycles. The van der Waals surface area contributed by atoms with Crippen LogP contribution in [0.4, 0.5) is 0 Å². The molecule has 0 atom stereocenters. The fraction of sp³-hybridized carbons (Fsp3) is 0.105. The van der Waals surface area contributed by atoms with Crippen LogP contribution >= 0.6 is 34.8 Å². The van der Waals surface area contributed by atoms with Crippen molar-refractivity contribution in [3.05, 3.63) is 75.1 Å². The quantitative estimate of drug-likeness (QED) is 0.519. The van der Waals surface area contributed by atoms with Crippen molar-refractivity contribution < 1.29 is 9.32 Å². The maximum atomic E-state index is 12.3. The number of halogens is 3. The van der Waals surface area contributed by atoms with E-state index in [0.717, 1.165) is 0 Å². The lowest BCUT2D eigenvalue weighted by Crippen LogP contribution is -2.24. The molecule has 0 aliphatic carbocycles. The van der Waals surface area contributed by atoms with Crippen LogP contribution < -0.4 is 0 Å². The topological polar surface area (TPSA) is 59.2 Å². The molecule has 2 aromatic carbocycles. The maximum Gasteiger partial charge on any atom is 0.246 e. The predicted molar refractivity (Wildman–Crippen MR) is 107 cm³/mol. The molecule has 0 aliphatic rings. The summed E-state index contributed by atoms with van der Waals surface area (Å²) in [5, 5.41) is 5.44. The molecule has 0 fully saturated rings. The Morgan fingerprint density at radius 1 is 1.15 bits per heavy atom. The van der Waals surface area contributed by atoms with Gasteiger partial charge in [-0.15, -0.1) is 0 Å². The standard InChI is InChI=1S/C19H14Cl3N3O2/c1-25(18(26)9-7-12-6-8-13(20)10-16(12)22)11-17-23-19(24-27-17)14-4-2-3-5-15(14)21/h2-10H,11H2,1H3/b9-7+. The van der Waals surface area contributed by atoms with Crippen molar-refractivity contribution in [3.8, 4) is 11.4 Å². The Kier molecular flexibility index (Phi) is 6.16. The number of carbonyl (C=O) groups is 1. The SMILES string of the molecule is CN(Cc1nc(-c2ccccc2Cl)no1)C(=O)/C=C/c1ccc(Cl)cc1Cl. The van der Waals surface area contributed by atoms with E-state index in [1.54, 1.807) is 43.5 Å². The lowest BCUT2D eigenvalue weighted by molar-refractivity contribution is -0.125. The molecule has 138 valence electrons. The average molecular weight is 423 g/mol. The van der Waals surface area contributed by atoms with Crippen molar-refractivity contribution >= 4 is 46.8 Å². The van der Waals surface area contributed by atoms with E-state index < -0.39 is 0 Å². The van der Waals surface area contributed by atoms with Crippen LogP contribution in [0.3, 0.4) is 0 Å². The van der Waals surface area contributed by atoms with Crippen molar-refractivity contribution in [1.82, 2.24) is 15.0 Å². The number of benzene rings is 2. The summed E-state index contributed by atoms with van der Waals surface area (Å²) in [6, 6.07) is 12.3. The Balaban J connectivity index is 1.66. The summed E-state index contributed by atoms with van der Waals surface area (Å²) in [6.45, 7) is 0.162.